The Kier molecular flexibility index (Phi) is 5.46. The van der Waals surface area contributed by atoms with Gasteiger partial charge in [0.25, 0.3) is 0 Å². The fraction of sp³-hybridized carbons (Fsp3) is 0.250. The van der Waals surface area contributed by atoms with E-state index in [1.165, 1.54) is 13.1 Å². The second-order valence-electron chi connectivity index (χ2n) is 5.12. The van der Waals surface area contributed by atoms with Crippen molar-refractivity contribution in [1.29, 1.82) is 0 Å². The van der Waals surface area contributed by atoms with Crippen LogP contribution in [0.3, 0.4) is 0 Å². The van der Waals surface area contributed by atoms with Crippen molar-refractivity contribution in [2.24, 2.45) is 0 Å². The first-order valence-electron chi connectivity index (χ1n) is 7.10. The molecule has 1 aromatic heterocycles. The van der Waals surface area contributed by atoms with Crippen LogP contribution in [0.25, 0.3) is 0 Å². The summed E-state index contributed by atoms with van der Waals surface area (Å²) in [5, 5.41) is 2.46. The molecule has 0 aliphatic carbocycles. The molecule has 122 valence electrons. The molecule has 0 atom stereocenters. The van der Waals surface area contributed by atoms with E-state index in [9.17, 15) is 13.2 Å². The predicted octanol–water partition coefficient (Wildman–Crippen LogP) is 1.33. The van der Waals surface area contributed by atoms with Gasteiger partial charge in [-0.05, 0) is 36.2 Å². The Balaban J connectivity index is 2.37. The van der Waals surface area contributed by atoms with Crippen LogP contribution >= 0.6 is 0 Å². The van der Waals surface area contributed by atoms with E-state index in [1.54, 1.807) is 36.7 Å². The maximum absolute atomic E-state index is 12.9. The van der Waals surface area contributed by atoms with E-state index in [1.807, 2.05) is 13.0 Å². The molecule has 0 saturated heterocycles. The number of nitrogens with zero attached hydrogens (tertiary/aromatic N) is 2. The Morgan fingerprint density at radius 2 is 2.04 bits per heavy atom. The zero-order chi connectivity index (χ0) is 16.9. The molecular formula is C16H19N3O3S. The number of hydrogen-bond acceptors (Lipinski definition) is 4. The van der Waals surface area contributed by atoms with Crippen molar-refractivity contribution in [3.05, 3.63) is 59.9 Å². The number of sulfonamides is 1. The second-order valence-corrected chi connectivity index (χ2v) is 7.06. The van der Waals surface area contributed by atoms with Crippen LogP contribution in [0, 0.1) is 6.92 Å². The van der Waals surface area contributed by atoms with Gasteiger partial charge in [-0.1, -0.05) is 18.2 Å². The van der Waals surface area contributed by atoms with E-state index in [2.05, 4.69) is 10.3 Å². The van der Waals surface area contributed by atoms with Crippen LogP contribution in [-0.4, -0.2) is 37.2 Å². The van der Waals surface area contributed by atoms with Crippen molar-refractivity contribution in [3.8, 4) is 0 Å². The number of nitrogens with one attached hydrogen (secondary N) is 1. The third kappa shape index (κ3) is 4.37. The van der Waals surface area contributed by atoms with Crippen molar-refractivity contribution in [2.75, 3.05) is 13.6 Å². The molecule has 0 unspecified atom stereocenters. The highest BCUT2D eigenvalue weighted by molar-refractivity contribution is 7.89. The average Bonchev–Trinajstić information content (AvgIpc) is 2.55. The Bertz CT molecular complexity index is 776. The monoisotopic (exact) mass is 333 g/mol. The molecule has 0 radical (unpaired) electrons. The summed E-state index contributed by atoms with van der Waals surface area (Å²) in [5.74, 6) is -0.370. The minimum atomic E-state index is -3.78. The molecule has 1 N–H and O–H groups in total. The third-order valence-electron chi connectivity index (χ3n) is 3.31. The lowest BCUT2D eigenvalue weighted by Crippen LogP contribution is -2.39. The molecule has 1 amide bonds. The molecule has 2 aromatic rings. The molecule has 1 heterocycles. The zero-order valence-corrected chi connectivity index (χ0v) is 13.9. The van der Waals surface area contributed by atoms with Crippen molar-refractivity contribution >= 4 is 15.9 Å². The molecule has 0 fully saturated rings. The number of aromatic nitrogens is 1. The molecule has 6 nitrogen and oxygen atoms in total. The third-order valence-corrected chi connectivity index (χ3v) is 5.10. The van der Waals surface area contributed by atoms with Gasteiger partial charge in [0.05, 0.1) is 11.4 Å². The Hall–Kier alpha value is -2.25. The number of carbonyl (C=O) groups excluding carboxylic acids is 1. The summed E-state index contributed by atoms with van der Waals surface area (Å²) >= 11 is 0. The number of amides is 1. The largest absolute Gasteiger partial charge is 0.358 e. The first-order chi connectivity index (χ1) is 10.9. The van der Waals surface area contributed by atoms with Gasteiger partial charge < -0.3 is 5.32 Å². The van der Waals surface area contributed by atoms with Crippen LogP contribution in [0.15, 0.2) is 53.7 Å². The second kappa shape index (κ2) is 7.34. The summed E-state index contributed by atoms with van der Waals surface area (Å²) in [6.07, 6.45) is 3.20. The van der Waals surface area contributed by atoms with Gasteiger partial charge >= 0.3 is 0 Å². The topological polar surface area (TPSA) is 79.4 Å². The Morgan fingerprint density at radius 1 is 1.26 bits per heavy atom. The minimum absolute atomic E-state index is 0.0809. The highest BCUT2D eigenvalue weighted by Gasteiger charge is 2.26. The van der Waals surface area contributed by atoms with Crippen molar-refractivity contribution < 1.29 is 13.2 Å². The summed E-state index contributed by atoms with van der Waals surface area (Å²) in [6, 6.07) is 10.1. The molecule has 0 saturated carbocycles. The SMILES string of the molecule is CNC(=O)CN(Cc1cccnc1)S(=O)(=O)c1cccc(C)c1. The molecule has 7 heteroatoms. The fourth-order valence-corrected chi connectivity index (χ4v) is 3.57. The normalized spacial score (nSPS) is 11.4. The number of likely N-dealkylation sites (N-methyl/N-ethyl adjacent to an activating group) is 1. The number of aryl methyl sites for hydroxylation is 1. The lowest BCUT2D eigenvalue weighted by molar-refractivity contribution is -0.120. The first-order valence-corrected chi connectivity index (χ1v) is 8.54. The molecule has 0 spiro atoms. The number of hydrogen-bond donors (Lipinski definition) is 1. The van der Waals surface area contributed by atoms with Crippen molar-refractivity contribution in [3.63, 3.8) is 0 Å². The predicted molar refractivity (Wildman–Crippen MR) is 87.1 cm³/mol. The maximum atomic E-state index is 12.9. The van der Waals surface area contributed by atoms with Gasteiger partial charge in [-0.25, -0.2) is 8.42 Å². The van der Waals surface area contributed by atoms with E-state index in [-0.39, 0.29) is 23.9 Å². The molecule has 0 aliphatic heterocycles. The number of rotatable bonds is 6. The number of benzene rings is 1. The Morgan fingerprint density at radius 3 is 2.65 bits per heavy atom. The minimum Gasteiger partial charge on any atom is -0.358 e. The van der Waals surface area contributed by atoms with Gasteiger partial charge in [0.15, 0.2) is 0 Å². The van der Waals surface area contributed by atoms with Crippen molar-refractivity contribution in [2.45, 2.75) is 18.4 Å². The average molecular weight is 333 g/mol. The quantitative estimate of drug-likeness (QED) is 0.865. The van der Waals surface area contributed by atoms with Gasteiger partial charge in [-0.3, -0.25) is 9.78 Å². The smallest absolute Gasteiger partial charge is 0.243 e. The van der Waals surface area contributed by atoms with E-state index < -0.39 is 10.0 Å². The molecule has 23 heavy (non-hydrogen) atoms. The van der Waals surface area contributed by atoms with E-state index in [0.717, 1.165) is 9.87 Å². The van der Waals surface area contributed by atoms with Gasteiger partial charge in [-0.15, -0.1) is 0 Å². The first kappa shape index (κ1) is 17.1. The molecule has 2 rings (SSSR count). The summed E-state index contributed by atoms with van der Waals surface area (Å²) < 4.78 is 26.9. The highest BCUT2D eigenvalue weighted by Crippen LogP contribution is 2.19. The molecular weight excluding hydrogens is 314 g/mol. The van der Waals surface area contributed by atoms with Crippen LogP contribution in [0.4, 0.5) is 0 Å². The molecule has 1 aromatic carbocycles. The van der Waals surface area contributed by atoms with Crippen LogP contribution in [0.2, 0.25) is 0 Å². The number of carbonyl (C=O) groups is 1. The van der Waals surface area contributed by atoms with E-state index in [4.69, 9.17) is 0 Å². The lowest BCUT2D eigenvalue weighted by Gasteiger charge is -2.21. The van der Waals surface area contributed by atoms with Crippen LogP contribution in [0.5, 0.6) is 0 Å². The number of pyridine rings is 1. The molecule has 0 bridgehead atoms. The summed E-state index contributed by atoms with van der Waals surface area (Å²) in [4.78, 5) is 15.9. The maximum Gasteiger partial charge on any atom is 0.243 e. The summed E-state index contributed by atoms with van der Waals surface area (Å²) in [6.45, 7) is 1.66. The highest BCUT2D eigenvalue weighted by atomic mass is 32.2. The van der Waals surface area contributed by atoms with Crippen molar-refractivity contribution in [1.82, 2.24) is 14.6 Å². The van der Waals surface area contributed by atoms with Crippen LogP contribution in [0.1, 0.15) is 11.1 Å². The fourth-order valence-electron chi connectivity index (χ4n) is 2.09. The van der Waals surface area contributed by atoms with Gasteiger partial charge in [0, 0.05) is 26.0 Å². The van der Waals surface area contributed by atoms with Gasteiger partial charge in [0.1, 0.15) is 0 Å². The van der Waals surface area contributed by atoms with Crippen LogP contribution < -0.4 is 5.32 Å². The van der Waals surface area contributed by atoms with Crippen LogP contribution in [-0.2, 0) is 21.4 Å². The van der Waals surface area contributed by atoms with Gasteiger partial charge in [0.2, 0.25) is 15.9 Å². The zero-order valence-electron chi connectivity index (χ0n) is 13.1. The molecule has 0 aliphatic rings. The summed E-state index contributed by atoms with van der Waals surface area (Å²) in [5.41, 5.74) is 1.56. The Labute approximate surface area is 136 Å². The van der Waals surface area contributed by atoms with E-state index in [0.29, 0.717) is 5.56 Å². The standard InChI is InChI=1S/C16H19N3O3S/c1-13-5-3-7-15(9-13)23(21,22)19(12-16(20)17-2)11-14-6-4-8-18-10-14/h3-10H,11-12H2,1-2H3,(H,17,20). The van der Waals surface area contributed by atoms with E-state index >= 15 is 0 Å². The summed E-state index contributed by atoms with van der Waals surface area (Å²) in [7, 11) is -2.31. The van der Waals surface area contributed by atoms with Gasteiger partial charge in [-0.2, -0.15) is 4.31 Å². The lowest BCUT2D eigenvalue weighted by atomic mass is 10.2.